The molecule has 1 saturated heterocycles. The normalized spacial score (nSPS) is 15.6. The topological polar surface area (TPSA) is 78.0 Å². The first-order chi connectivity index (χ1) is 17.0. The first-order valence-electron chi connectivity index (χ1n) is 12.1. The molecule has 0 N–H and O–H groups in total. The zero-order chi connectivity index (χ0) is 24.5. The summed E-state index contributed by atoms with van der Waals surface area (Å²) in [5.74, 6) is -0.864. The Labute approximate surface area is 203 Å². The molecule has 2 aliphatic heterocycles. The lowest BCUT2D eigenvalue weighted by atomic mass is 10.0. The molecule has 1 fully saturated rings. The van der Waals surface area contributed by atoms with E-state index < -0.39 is 0 Å². The van der Waals surface area contributed by atoms with Crippen LogP contribution in [0, 0.1) is 0 Å². The number of hydrogen-bond donors (Lipinski definition) is 0. The molecule has 0 atom stereocenters. The van der Waals surface area contributed by atoms with Crippen LogP contribution in [0.4, 0.5) is 0 Å². The van der Waals surface area contributed by atoms with Gasteiger partial charge in [-0.2, -0.15) is 0 Å². The lowest BCUT2D eigenvalue weighted by molar-refractivity contribution is 0.0536. The van der Waals surface area contributed by atoms with Crippen LogP contribution < -0.4 is 0 Å². The number of nitrogens with zero attached hydrogens (tertiary/aromatic N) is 3. The third kappa shape index (κ3) is 4.07. The minimum atomic E-state index is -0.335. The van der Waals surface area contributed by atoms with E-state index in [1.54, 1.807) is 21.9 Å². The molecular formula is C28H27N3O4. The number of unbranched alkanes of at least 4 members (excludes halogenated alkanes) is 1. The van der Waals surface area contributed by atoms with Gasteiger partial charge in [-0.15, -0.1) is 0 Å². The Morgan fingerprint density at radius 1 is 0.771 bits per heavy atom. The van der Waals surface area contributed by atoms with E-state index in [0.717, 1.165) is 23.6 Å². The number of hydrogen-bond acceptors (Lipinski definition) is 4. The lowest BCUT2D eigenvalue weighted by Crippen LogP contribution is -2.50. The van der Waals surface area contributed by atoms with Crippen LogP contribution in [0.25, 0.3) is 10.8 Å². The number of rotatable bonds is 5. The van der Waals surface area contributed by atoms with Gasteiger partial charge < -0.3 is 9.80 Å². The van der Waals surface area contributed by atoms with Crippen LogP contribution in [0.15, 0.2) is 60.7 Å². The SMILES string of the molecule is CCCCN1C(=O)c2ccc(C(=O)N3CCN(C(=O)c4cccc5ccccc45)CC3)cc2C1=O. The minimum absolute atomic E-state index is 0.0392. The smallest absolute Gasteiger partial charge is 0.261 e. The van der Waals surface area contributed by atoms with E-state index in [4.69, 9.17) is 0 Å². The van der Waals surface area contributed by atoms with Crippen molar-refractivity contribution < 1.29 is 19.2 Å². The van der Waals surface area contributed by atoms with E-state index >= 15 is 0 Å². The average molecular weight is 470 g/mol. The maximum Gasteiger partial charge on any atom is 0.261 e. The van der Waals surface area contributed by atoms with Gasteiger partial charge in [0.05, 0.1) is 11.1 Å². The Kier molecular flexibility index (Phi) is 6.07. The zero-order valence-corrected chi connectivity index (χ0v) is 19.7. The third-order valence-electron chi connectivity index (χ3n) is 6.83. The predicted octanol–water partition coefficient (Wildman–Crippen LogP) is 3.83. The number of fused-ring (bicyclic) bond motifs is 2. The van der Waals surface area contributed by atoms with Crippen molar-refractivity contribution in [3.63, 3.8) is 0 Å². The van der Waals surface area contributed by atoms with Crippen molar-refractivity contribution in [1.82, 2.24) is 14.7 Å². The average Bonchev–Trinajstić information content (AvgIpc) is 3.14. The molecule has 0 spiro atoms. The number of benzene rings is 3. The molecule has 3 aromatic carbocycles. The third-order valence-corrected chi connectivity index (χ3v) is 6.83. The van der Waals surface area contributed by atoms with Gasteiger partial charge in [0.25, 0.3) is 23.6 Å². The van der Waals surface area contributed by atoms with Crippen LogP contribution in [-0.2, 0) is 0 Å². The summed E-state index contributed by atoms with van der Waals surface area (Å²) in [7, 11) is 0. The summed E-state index contributed by atoms with van der Waals surface area (Å²) in [4.78, 5) is 56.4. The second-order valence-electron chi connectivity index (χ2n) is 8.99. The van der Waals surface area contributed by atoms with Crippen molar-refractivity contribution in [3.05, 3.63) is 82.9 Å². The number of carbonyl (C=O) groups excluding carboxylic acids is 4. The summed E-state index contributed by atoms with van der Waals surface area (Å²) in [5, 5.41) is 1.94. The summed E-state index contributed by atoms with van der Waals surface area (Å²) in [5.41, 5.74) is 1.70. The molecule has 178 valence electrons. The van der Waals surface area contributed by atoms with E-state index in [1.807, 2.05) is 49.4 Å². The van der Waals surface area contributed by atoms with Crippen LogP contribution in [0.5, 0.6) is 0 Å². The molecule has 0 aliphatic carbocycles. The van der Waals surface area contributed by atoms with Gasteiger partial charge in [0.2, 0.25) is 0 Å². The molecule has 0 radical (unpaired) electrons. The molecule has 2 aliphatic rings. The Morgan fingerprint density at radius 2 is 1.43 bits per heavy atom. The Bertz CT molecular complexity index is 1340. The molecule has 0 aromatic heterocycles. The highest BCUT2D eigenvalue weighted by Crippen LogP contribution is 2.26. The van der Waals surface area contributed by atoms with Crippen molar-refractivity contribution >= 4 is 34.4 Å². The van der Waals surface area contributed by atoms with Crippen LogP contribution in [0.3, 0.4) is 0 Å². The fourth-order valence-electron chi connectivity index (χ4n) is 4.82. The molecule has 3 aromatic rings. The van der Waals surface area contributed by atoms with E-state index in [9.17, 15) is 19.2 Å². The second-order valence-corrected chi connectivity index (χ2v) is 8.99. The largest absolute Gasteiger partial charge is 0.335 e. The molecule has 0 bridgehead atoms. The molecular weight excluding hydrogens is 442 g/mol. The van der Waals surface area contributed by atoms with Gasteiger partial charge in [-0.3, -0.25) is 24.1 Å². The standard InChI is InChI=1S/C28H27N3O4/c1-2-3-13-31-27(34)23-12-11-20(18-24(23)28(31)35)25(32)29-14-16-30(17-15-29)26(33)22-10-6-8-19-7-4-5-9-21(19)22/h4-12,18H,2-3,13-17H2,1H3. The van der Waals surface area contributed by atoms with Gasteiger partial charge in [-0.25, -0.2) is 0 Å². The maximum atomic E-state index is 13.2. The molecule has 35 heavy (non-hydrogen) atoms. The molecule has 5 rings (SSSR count). The second kappa shape index (κ2) is 9.33. The minimum Gasteiger partial charge on any atom is -0.335 e. The molecule has 4 amide bonds. The molecule has 7 heteroatoms. The van der Waals surface area contributed by atoms with E-state index in [1.165, 1.54) is 11.0 Å². The van der Waals surface area contributed by atoms with E-state index in [0.29, 0.717) is 55.0 Å². The highest BCUT2D eigenvalue weighted by atomic mass is 16.2. The summed E-state index contributed by atoms with van der Waals surface area (Å²) in [6.45, 7) is 4.06. The fourth-order valence-corrected chi connectivity index (χ4v) is 4.82. The fraction of sp³-hybridized carbons (Fsp3) is 0.286. The highest BCUT2D eigenvalue weighted by Gasteiger charge is 2.36. The van der Waals surface area contributed by atoms with Crippen LogP contribution in [-0.4, -0.2) is 71.1 Å². The van der Waals surface area contributed by atoms with Crippen molar-refractivity contribution in [2.45, 2.75) is 19.8 Å². The van der Waals surface area contributed by atoms with Crippen LogP contribution in [0.2, 0.25) is 0 Å². The Morgan fingerprint density at radius 3 is 2.17 bits per heavy atom. The highest BCUT2D eigenvalue weighted by molar-refractivity contribution is 6.22. The van der Waals surface area contributed by atoms with Gasteiger partial charge in [0.1, 0.15) is 0 Å². The number of amides is 4. The summed E-state index contributed by atoms with van der Waals surface area (Å²) in [6.07, 6.45) is 1.63. The lowest BCUT2D eigenvalue weighted by Gasteiger charge is -2.35. The molecule has 0 unspecified atom stereocenters. The van der Waals surface area contributed by atoms with Gasteiger partial charge >= 0.3 is 0 Å². The van der Waals surface area contributed by atoms with Crippen molar-refractivity contribution in [2.24, 2.45) is 0 Å². The molecule has 0 saturated carbocycles. The molecule has 2 heterocycles. The number of carbonyl (C=O) groups is 4. The first kappa shape index (κ1) is 22.8. The van der Waals surface area contributed by atoms with Crippen molar-refractivity contribution in [1.29, 1.82) is 0 Å². The first-order valence-corrected chi connectivity index (χ1v) is 12.1. The van der Waals surface area contributed by atoms with Crippen LogP contribution >= 0.6 is 0 Å². The van der Waals surface area contributed by atoms with Crippen molar-refractivity contribution in [3.8, 4) is 0 Å². The monoisotopic (exact) mass is 469 g/mol. The van der Waals surface area contributed by atoms with E-state index in [-0.39, 0.29) is 23.6 Å². The maximum absolute atomic E-state index is 13.2. The summed E-state index contributed by atoms with van der Waals surface area (Å²) < 4.78 is 0. The predicted molar refractivity (Wildman–Crippen MR) is 132 cm³/mol. The quantitative estimate of drug-likeness (QED) is 0.532. The summed E-state index contributed by atoms with van der Waals surface area (Å²) in [6, 6.07) is 18.3. The Hall–Kier alpha value is -4.00. The van der Waals surface area contributed by atoms with Gasteiger partial charge in [0, 0.05) is 43.9 Å². The van der Waals surface area contributed by atoms with Gasteiger partial charge in [0.15, 0.2) is 0 Å². The van der Waals surface area contributed by atoms with Crippen molar-refractivity contribution in [2.75, 3.05) is 32.7 Å². The van der Waals surface area contributed by atoms with Gasteiger partial charge in [-0.1, -0.05) is 49.7 Å². The van der Waals surface area contributed by atoms with E-state index in [2.05, 4.69) is 0 Å². The number of imide groups is 1. The van der Waals surface area contributed by atoms with Crippen LogP contribution in [0.1, 0.15) is 61.2 Å². The zero-order valence-electron chi connectivity index (χ0n) is 19.7. The number of piperazine rings is 1. The van der Waals surface area contributed by atoms with Gasteiger partial charge in [-0.05, 0) is 41.5 Å². The Balaban J connectivity index is 1.27. The summed E-state index contributed by atoms with van der Waals surface area (Å²) >= 11 is 0. The molecule has 7 nitrogen and oxygen atoms in total.